The molecule has 0 saturated heterocycles. The zero-order chi connectivity index (χ0) is 13.9. The Morgan fingerprint density at radius 2 is 1.50 bits per heavy atom. The Kier molecular flexibility index (Phi) is 10.1. The third kappa shape index (κ3) is 11.9. The van der Waals surface area contributed by atoms with Crippen molar-refractivity contribution in [3.05, 3.63) is 12.3 Å². The average molecular weight is 277 g/mol. The van der Waals surface area contributed by atoms with Gasteiger partial charge in [-0.3, -0.25) is 4.55 Å². The summed E-state index contributed by atoms with van der Waals surface area (Å²) in [6, 6.07) is 0. The van der Waals surface area contributed by atoms with E-state index in [1.165, 1.54) is 31.8 Å². The van der Waals surface area contributed by atoms with Gasteiger partial charge in [0.05, 0.1) is 5.75 Å². The molecular weight excluding hydrogens is 250 g/mol. The Balaban J connectivity index is 4.09. The number of nitrogens with zero attached hydrogens (tertiary/aromatic N) is 1. The van der Waals surface area contributed by atoms with E-state index < -0.39 is 10.1 Å². The van der Waals surface area contributed by atoms with Gasteiger partial charge < -0.3 is 4.90 Å². The van der Waals surface area contributed by atoms with Gasteiger partial charge in [-0.15, -0.1) is 0 Å². The fraction of sp³-hybridized carbons (Fsp3) is 0.846. The highest BCUT2D eigenvalue weighted by molar-refractivity contribution is 7.85. The van der Waals surface area contributed by atoms with E-state index in [-0.39, 0.29) is 5.75 Å². The summed E-state index contributed by atoms with van der Waals surface area (Å²) in [7, 11) is -3.88. The SMILES string of the molecule is CCCCCN(C=CCS(=O)(=O)O)CCCCC. The van der Waals surface area contributed by atoms with Crippen molar-refractivity contribution in [1.29, 1.82) is 0 Å². The molecule has 0 fully saturated rings. The van der Waals surface area contributed by atoms with E-state index in [1.54, 1.807) is 6.20 Å². The molecule has 0 amide bonds. The van der Waals surface area contributed by atoms with Gasteiger partial charge in [-0.25, -0.2) is 0 Å². The van der Waals surface area contributed by atoms with Crippen LogP contribution in [0.15, 0.2) is 12.3 Å². The highest BCUT2D eigenvalue weighted by Crippen LogP contribution is 2.03. The Labute approximate surface area is 112 Å². The molecule has 0 aromatic rings. The molecule has 0 aliphatic rings. The summed E-state index contributed by atoms with van der Waals surface area (Å²) < 4.78 is 29.9. The largest absolute Gasteiger partial charge is 0.378 e. The van der Waals surface area contributed by atoms with Crippen molar-refractivity contribution < 1.29 is 13.0 Å². The molecule has 0 radical (unpaired) electrons. The molecule has 0 heterocycles. The number of rotatable bonds is 11. The van der Waals surface area contributed by atoms with Gasteiger partial charge in [0, 0.05) is 13.1 Å². The van der Waals surface area contributed by atoms with Crippen molar-refractivity contribution in [2.75, 3.05) is 18.8 Å². The van der Waals surface area contributed by atoms with E-state index in [4.69, 9.17) is 4.55 Å². The maximum atomic E-state index is 10.6. The van der Waals surface area contributed by atoms with Crippen LogP contribution in [0.2, 0.25) is 0 Å². The molecule has 1 N–H and O–H groups in total. The second-order valence-corrected chi connectivity index (χ2v) is 6.08. The van der Waals surface area contributed by atoms with Crippen LogP contribution in [-0.2, 0) is 10.1 Å². The molecule has 0 aliphatic heterocycles. The van der Waals surface area contributed by atoms with Gasteiger partial charge in [0.2, 0.25) is 0 Å². The topological polar surface area (TPSA) is 57.6 Å². The molecule has 0 aliphatic carbocycles. The smallest absolute Gasteiger partial charge is 0.268 e. The fourth-order valence-corrected chi connectivity index (χ4v) is 2.03. The fourth-order valence-electron chi connectivity index (χ4n) is 1.70. The van der Waals surface area contributed by atoms with Crippen LogP contribution in [0, 0.1) is 0 Å². The minimum absolute atomic E-state index is 0.301. The summed E-state index contributed by atoms with van der Waals surface area (Å²) in [6.07, 6.45) is 10.3. The summed E-state index contributed by atoms with van der Waals surface area (Å²) in [6.45, 7) is 6.24. The van der Waals surface area contributed by atoms with Gasteiger partial charge in [-0.2, -0.15) is 8.42 Å². The first-order chi connectivity index (χ1) is 8.49. The molecular formula is C13H27NO3S. The maximum Gasteiger partial charge on any atom is 0.268 e. The average Bonchev–Trinajstić information content (AvgIpc) is 2.27. The Morgan fingerprint density at radius 3 is 1.89 bits per heavy atom. The van der Waals surface area contributed by atoms with Crippen molar-refractivity contribution >= 4 is 10.1 Å². The number of hydrogen-bond acceptors (Lipinski definition) is 3. The molecule has 0 saturated carbocycles. The van der Waals surface area contributed by atoms with Crippen LogP contribution in [0.25, 0.3) is 0 Å². The summed E-state index contributed by atoms with van der Waals surface area (Å²) >= 11 is 0. The van der Waals surface area contributed by atoms with Crippen molar-refractivity contribution in [3.8, 4) is 0 Å². The zero-order valence-corrected chi connectivity index (χ0v) is 12.5. The van der Waals surface area contributed by atoms with Gasteiger partial charge in [0.1, 0.15) is 0 Å². The summed E-state index contributed by atoms with van der Waals surface area (Å²) in [5, 5.41) is 0. The summed E-state index contributed by atoms with van der Waals surface area (Å²) in [4.78, 5) is 2.15. The summed E-state index contributed by atoms with van der Waals surface area (Å²) in [5.74, 6) is -0.301. The van der Waals surface area contributed by atoms with Crippen LogP contribution in [-0.4, -0.2) is 36.7 Å². The minimum Gasteiger partial charge on any atom is -0.378 e. The second kappa shape index (κ2) is 10.4. The molecule has 4 nitrogen and oxygen atoms in total. The van der Waals surface area contributed by atoms with Gasteiger partial charge in [-0.05, 0) is 19.0 Å². The third-order valence-corrected chi connectivity index (χ3v) is 3.33. The standard InChI is InChI=1S/C13H27NO3S/c1-3-5-7-10-14(11-8-6-4-2)12-9-13-18(15,16)17/h9,12H,3-8,10-11,13H2,1-2H3,(H,15,16,17). The van der Waals surface area contributed by atoms with Crippen molar-refractivity contribution in [3.63, 3.8) is 0 Å². The molecule has 108 valence electrons. The highest BCUT2D eigenvalue weighted by atomic mass is 32.2. The van der Waals surface area contributed by atoms with E-state index in [2.05, 4.69) is 18.7 Å². The van der Waals surface area contributed by atoms with Crippen LogP contribution in [0.3, 0.4) is 0 Å². The van der Waals surface area contributed by atoms with E-state index in [0.29, 0.717) is 0 Å². The lowest BCUT2D eigenvalue weighted by atomic mass is 10.2. The van der Waals surface area contributed by atoms with Crippen LogP contribution in [0.5, 0.6) is 0 Å². The van der Waals surface area contributed by atoms with E-state index in [0.717, 1.165) is 25.9 Å². The predicted octanol–water partition coefficient (Wildman–Crippen LogP) is 3.07. The van der Waals surface area contributed by atoms with Gasteiger partial charge in [0.15, 0.2) is 0 Å². The quantitative estimate of drug-likeness (QED) is 0.466. The lowest BCUT2D eigenvalue weighted by Crippen LogP contribution is -2.20. The number of unbranched alkanes of at least 4 members (excludes halogenated alkanes) is 4. The minimum atomic E-state index is -3.88. The lowest BCUT2D eigenvalue weighted by molar-refractivity contribution is 0.353. The van der Waals surface area contributed by atoms with Crippen molar-refractivity contribution in [2.24, 2.45) is 0 Å². The first-order valence-corrected chi connectivity index (χ1v) is 8.46. The molecule has 0 aromatic heterocycles. The van der Waals surface area contributed by atoms with Crippen LogP contribution in [0.1, 0.15) is 52.4 Å². The van der Waals surface area contributed by atoms with Gasteiger partial charge in [-0.1, -0.05) is 45.6 Å². The molecule has 5 heteroatoms. The summed E-state index contributed by atoms with van der Waals surface area (Å²) in [5.41, 5.74) is 0. The molecule has 0 unspecified atom stereocenters. The first kappa shape index (κ1) is 17.4. The third-order valence-electron chi connectivity index (χ3n) is 2.72. The Bertz CT molecular complexity index is 302. The normalized spacial score (nSPS) is 12.2. The first-order valence-electron chi connectivity index (χ1n) is 6.85. The molecule has 0 atom stereocenters. The molecule has 18 heavy (non-hydrogen) atoms. The van der Waals surface area contributed by atoms with Crippen molar-refractivity contribution in [2.45, 2.75) is 52.4 Å². The zero-order valence-electron chi connectivity index (χ0n) is 11.6. The lowest BCUT2D eigenvalue weighted by Gasteiger charge is -2.20. The second-order valence-electron chi connectivity index (χ2n) is 4.58. The van der Waals surface area contributed by atoms with Crippen molar-refractivity contribution in [1.82, 2.24) is 4.90 Å². The van der Waals surface area contributed by atoms with E-state index >= 15 is 0 Å². The Hall–Kier alpha value is -0.550. The van der Waals surface area contributed by atoms with Crippen LogP contribution < -0.4 is 0 Å². The Morgan fingerprint density at radius 1 is 1.00 bits per heavy atom. The maximum absolute atomic E-state index is 10.6. The van der Waals surface area contributed by atoms with Crippen LogP contribution in [0.4, 0.5) is 0 Å². The van der Waals surface area contributed by atoms with Crippen LogP contribution >= 0.6 is 0 Å². The van der Waals surface area contributed by atoms with E-state index in [9.17, 15) is 8.42 Å². The molecule has 0 aromatic carbocycles. The van der Waals surface area contributed by atoms with E-state index in [1.807, 2.05) is 0 Å². The highest BCUT2D eigenvalue weighted by Gasteiger charge is 2.02. The number of hydrogen-bond donors (Lipinski definition) is 1. The molecule has 0 bridgehead atoms. The molecule has 0 rings (SSSR count). The predicted molar refractivity (Wildman–Crippen MR) is 76.2 cm³/mol. The monoisotopic (exact) mass is 277 g/mol. The van der Waals surface area contributed by atoms with Gasteiger partial charge >= 0.3 is 0 Å². The molecule has 0 spiro atoms. The van der Waals surface area contributed by atoms with Gasteiger partial charge in [0.25, 0.3) is 10.1 Å².